The van der Waals surface area contributed by atoms with E-state index in [2.05, 4.69) is 15.6 Å². The lowest BCUT2D eigenvalue weighted by Crippen LogP contribution is -2.37. The number of hydrogen-bond donors (Lipinski definition) is 4. The zero-order chi connectivity index (χ0) is 23.4. The molecule has 0 radical (unpaired) electrons. The number of anilines is 1. The summed E-state index contributed by atoms with van der Waals surface area (Å²) in [6.45, 7) is -0.401. The van der Waals surface area contributed by atoms with Crippen LogP contribution in [0.25, 0.3) is 11.1 Å². The minimum Gasteiger partial charge on any atom is -0.479 e. The fourth-order valence-corrected chi connectivity index (χ4v) is 3.79. The molecular formula is C24H21N3O6. The van der Waals surface area contributed by atoms with Gasteiger partial charge in [-0.2, -0.15) is 0 Å². The van der Waals surface area contributed by atoms with Gasteiger partial charge in [0.05, 0.1) is 12.2 Å². The lowest BCUT2D eigenvalue weighted by atomic mass is 9.98. The first kappa shape index (κ1) is 22.0. The number of fused-ring (bicyclic) bond motifs is 3. The summed E-state index contributed by atoms with van der Waals surface area (Å²) in [7, 11) is 0. The highest BCUT2D eigenvalue weighted by atomic mass is 16.5. The van der Waals surface area contributed by atoms with Gasteiger partial charge in [0.2, 0.25) is 0 Å². The molecule has 1 aliphatic rings. The van der Waals surface area contributed by atoms with Crippen molar-refractivity contribution in [3.63, 3.8) is 0 Å². The number of rotatable bonds is 7. The largest absolute Gasteiger partial charge is 0.479 e. The number of amides is 2. The lowest BCUT2D eigenvalue weighted by molar-refractivity contribution is -0.146. The van der Waals surface area contributed by atoms with E-state index in [4.69, 9.17) is 9.84 Å². The van der Waals surface area contributed by atoms with Crippen LogP contribution >= 0.6 is 0 Å². The molecule has 1 atom stereocenters. The molecule has 1 aromatic heterocycles. The van der Waals surface area contributed by atoms with E-state index in [9.17, 15) is 19.5 Å². The first-order valence-electron chi connectivity index (χ1n) is 10.2. The van der Waals surface area contributed by atoms with E-state index in [0.717, 1.165) is 22.3 Å². The maximum Gasteiger partial charge on any atom is 0.411 e. The summed E-state index contributed by atoms with van der Waals surface area (Å²) < 4.78 is 5.48. The molecule has 0 saturated heterocycles. The van der Waals surface area contributed by atoms with Crippen LogP contribution in [0.2, 0.25) is 0 Å². The molecule has 9 nitrogen and oxygen atoms in total. The number of benzene rings is 2. The average molecular weight is 447 g/mol. The first-order chi connectivity index (χ1) is 16.0. The molecule has 0 fully saturated rings. The number of carboxylic acid groups (broad SMARTS) is 1. The van der Waals surface area contributed by atoms with Gasteiger partial charge in [-0.3, -0.25) is 10.1 Å². The van der Waals surface area contributed by atoms with Crippen molar-refractivity contribution in [1.82, 2.24) is 10.3 Å². The van der Waals surface area contributed by atoms with Gasteiger partial charge in [0.1, 0.15) is 6.61 Å². The zero-order valence-electron chi connectivity index (χ0n) is 17.4. The van der Waals surface area contributed by atoms with Crippen molar-refractivity contribution in [1.29, 1.82) is 0 Å². The third-order valence-corrected chi connectivity index (χ3v) is 5.34. The fourth-order valence-electron chi connectivity index (χ4n) is 3.79. The van der Waals surface area contributed by atoms with E-state index < -0.39 is 30.6 Å². The summed E-state index contributed by atoms with van der Waals surface area (Å²) in [4.78, 5) is 39.5. The Hall–Kier alpha value is -4.24. The van der Waals surface area contributed by atoms with Crippen LogP contribution < -0.4 is 10.6 Å². The number of aromatic nitrogens is 1. The maximum atomic E-state index is 12.5. The SMILES string of the molecule is O=C(Nc1cccnc1C(=O)NCC(O)C(=O)O)OCC1c2ccccc2-c2ccccc21. The van der Waals surface area contributed by atoms with Crippen LogP contribution in [-0.4, -0.2) is 52.4 Å². The molecule has 0 bridgehead atoms. The van der Waals surface area contributed by atoms with Gasteiger partial charge in [-0.15, -0.1) is 0 Å². The molecular weight excluding hydrogens is 426 g/mol. The molecule has 0 spiro atoms. The molecule has 0 saturated carbocycles. The van der Waals surface area contributed by atoms with E-state index in [1.807, 2.05) is 48.5 Å². The number of nitrogens with zero attached hydrogens (tertiary/aromatic N) is 1. The summed E-state index contributed by atoms with van der Waals surface area (Å²) in [5, 5.41) is 22.8. The van der Waals surface area contributed by atoms with Crippen molar-refractivity contribution < 1.29 is 29.3 Å². The van der Waals surface area contributed by atoms with E-state index in [1.54, 1.807) is 0 Å². The zero-order valence-corrected chi connectivity index (χ0v) is 17.4. The highest BCUT2D eigenvalue weighted by Gasteiger charge is 2.29. The molecule has 1 unspecified atom stereocenters. The molecule has 4 N–H and O–H groups in total. The smallest absolute Gasteiger partial charge is 0.411 e. The second-order valence-corrected chi connectivity index (χ2v) is 7.41. The van der Waals surface area contributed by atoms with Crippen LogP contribution in [0.3, 0.4) is 0 Å². The summed E-state index contributed by atoms with van der Waals surface area (Å²) in [6.07, 6.45) is -1.16. The van der Waals surface area contributed by atoms with Gasteiger partial charge < -0.3 is 20.3 Å². The molecule has 1 aliphatic carbocycles. The summed E-state index contributed by atoms with van der Waals surface area (Å²) in [6, 6.07) is 18.9. The lowest BCUT2D eigenvalue weighted by Gasteiger charge is -2.15. The van der Waals surface area contributed by atoms with Crippen LogP contribution in [0.4, 0.5) is 10.5 Å². The summed E-state index contributed by atoms with van der Waals surface area (Å²) >= 11 is 0. The van der Waals surface area contributed by atoms with Crippen LogP contribution in [0.5, 0.6) is 0 Å². The van der Waals surface area contributed by atoms with Gasteiger partial charge in [-0.25, -0.2) is 14.6 Å². The number of carboxylic acids is 1. The van der Waals surface area contributed by atoms with Crippen LogP contribution in [0.15, 0.2) is 66.9 Å². The quantitative estimate of drug-likeness (QED) is 0.437. The molecule has 33 heavy (non-hydrogen) atoms. The first-order valence-corrected chi connectivity index (χ1v) is 10.2. The van der Waals surface area contributed by atoms with Crippen LogP contribution in [-0.2, 0) is 9.53 Å². The number of nitrogens with one attached hydrogen (secondary N) is 2. The highest BCUT2D eigenvalue weighted by Crippen LogP contribution is 2.44. The molecule has 2 aromatic carbocycles. The Labute approximate surface area is 189 Å². The maximum absolute atomic E-state index is 12.5. The van der Waals surface area contributed by atoms with Gasteiger partial charge in [0, 0.05) is 12.1 Å². The Morgan fingerprint density at radius 2 is 1.61 bits per heavy atom. The molecule has 1 heterocycles. The van der Waals surface area contributed by atoms with E-state index in [0.29, 0.717) is 0 Å². The fraction of sp³-hybridized carbons (Fsp3) is 0.167. The second-order valence-electron chi connectivity index (χ2n) is 7.41. The Morgan fingerprint density at radius 3 is 2.24 bits per heavy atom. The second kappa shape index (κ2) is 9.49. The number of aliphatic hydroxyl groups excluding tert-OH is 1. The van der Waals surface area contributed by atoms with E-state index in [-0.39, 0.29) is 23.9 Å². The monoisotopic (exact) mass is 447 g/mol. The van der Waals surface area contributed by atoms with E-state index in [1.165, 1.54) is 18.3 Å². The molecule has 0 aliphatic heterocycles. The Balaban J connectivity index is 1.42. The van der Waals surface area contributed by atoms with Gasteiger partial charge in [-0.1, -0.05) is 48.5 Å². The molecule has 9 heteroatoms. The van der Waals surface area contributed by atoms with Gasteiger partial charge >= 0.3 is 12.1 Å². The number of carbonyl (C=O) groups is 3. The van der Waals surface area contributed by atoms with Crippen molar-refractivity contribution in [2.45, 2.75) is 12.0 Å². The molecule has 3 aromatic rings. The van der Waals surface area contributed by atoms with Crippen molar-refractivity contribution in [3.05, 3.63) is 83.7 Å². The normalized spacial score (nSPS) is 12.9. The van der Waals surface area contributed by atoms with Gasteiger partial charge in [0.15, 0.2) is 11.8 Å². The predicted molar refractivity (Wildman–Crippen MR) is 119 cm³/mol. The Bertz CT molecular complexity index is 1170. The van der Waals surface area contributed by atoms with Crippen LogP contribution in [0, 0.1) is 0 Å². The number of hydrogen-bond acceptors (Lipinski definition) is 6. The van der Waals surface area contributed by atoms with Crippen molar-refractivity contribution in [2.75, 3.05) is 18.5 Å². The third kappa shape index (κ3) is 4.68. The van der Waals surface area contributed by atoms with Gasteiger partial charge in [-0.05, 0) is 34.4 Å². The molecule has 168 valence electrons. The van der Waals surface area contributed by atoms with Crippen molar-refractivity contribution >= 4 is 23.7 Å². The Kier molecular flexibility index (Phi) is 6.32. The standard InChI is InChI=1S/C24H21N3O6/c28-20(23(30)31)12-26-22(29)21-19(10-5-11-25-21)27-24(32)33-13-18-16-8-3-1-6-14(16)15-7-2-4-9-17(15)18/h1-11,18,20,28H,12-13H2,(H,26,29)(H,27,32)(H,30,31). The number of aliphatic carboxylic acids is 1. The average Bonchev–Trinajstić information content (AvgIpc) is 3.15. The number of aliphatic hydroxyl groups is 1. The number of carbonyl (C=O) groups excluding carboxylic acids is 2. The Morgan fingerprint density at radius 1 is 0.970 bits per heavy atom. The highest BCUT2D eigenvalue weighted by molar-refractivity contribution is 6.01. The number of ether oxygens (including phenoxy) is 1. The third-order valence-electron chi connectivity index (χ3n) is 5.34. The molecule has 4 rings (SSSR count). The summed E-state index contributed by atoms with van der Waals surface area (Å²) in [5.41, 5.74) is 4.32. The number of pyridine rings is 1. The van der Waals surface area contributed by atoms with E-state index >= 15 is 0 Å². The van der Waals surface area contributed by atoms with Gasteiger partial charge in [0.25, 0.3) is 5.91 Å². The van der Waals surface area contributed by atoms with Crippen molar-refractivity contribution in [3.8, 4) is 11.1 Å². The predicted octanol–water partition coefficient (Wildman–Crippen LogP) is 2.62. The van der Waals surface area contributed by atoms with Crippen molar-refractivity contribution in [2.24, 2.45) is 0 Å². The molecule has 2 amide bonds. The minimum atomic E-state index is -1.75. The minimum absolute atomic E-state index is 0.0945. The topological polar surface area (TPSA) is 138 Å². The van der Waals surface area contributed by atoms with Crippen LogP contribution in [0.1, 0.15) is 27.5 Å². The summed E-state index contributed by atoms with van der Waals surface area (Å²) in [5.74, 6) is -2.32.